The highest BCUT2D eigenvalue weighted by Crippen LogP contribution is 2.31. The molecule has 1 spiro atoms. The predicted molar refractivity (Wildman–Crippen MR) is 105 cm³/mol. The highest BCUT2D eigenvalue weighted by Gasteiger charge is 2.40. The number of aromatic nitrogens is 2. The Labute approximate surface area is 161 Å². The number of carbonyl (C=O) groups excluding carboxylic acids is 1. The van der Waals surface area contributed by atoms with Crippen molar-refractivity contribution in [2.45, 2.75) is 56.3 Å². The van der Waals surface area contributed by atoms with Gasteiger partial charge in [-0.25, -0.2) is 9.97 Å². The molecule has 0 aliphatic carbocycles. The van der Waals surface area contributed by atoms with E-state index in [1.54, 1.807) is 11.8 Å². The lowest BCUT2D eigenvalue weighted by atomic mass is 9.86. The Hall–Kier alpha value is -1.18. The fourth-order valence-corrected chi connectivity index (χ4v) is 4.75. The van der Waals surface area contributed by atoms with Crippen LogP contribution in [0.25, 0.3) is 0 Å². The summed E-state index contributed by atoms with van der Waals surface area (Å²) in [6.07, 6.45) is 8.96. The molecule has 3 rings (SSSR count). The third kappa shape index (κ3) is 4.96. The number of amides is 1. The minimum absolute atomic E-state index is 0.105. The maximum absolute atomic E-state index is 11.8. The van der Waals surface area contributed by atoms with Crippen molar-refractivity contribution in [1.82, 2.24) is 25.1 Å². The van der Waals surface area contributed by atoms with Crippen LogP contribution in [0.3, 0.4) is 0 Å². The first-order valence-corrected chi connectivity index (χ1v) is 10.7. The van der Waals surface area contributed by atoms with E-state index in [0.717, 1.165) is 56.5 Å². The first-order chi connectivity index (χ1) is 12.6. The summed E-state index contributed by atoms with van der Waals surface area (Å²) >= 11 is 1.74. The van der Waals surface area contributed by atoms with Gasteiger partial charge in [-0.3, -0.25) is 14.6 Å². The molecule has 7 heteroatoms. The van der Waals surface area contributed by atoms with Gasteiger partial charge in [0.05, 0.1) is 0 Å². The van der Waals surface area contributed by atoms with Gasteiger partial charge in [0.1, 0.15) is 0 Å². The van der Waals surface area contributed by atoms with E-state index in [1.165, 1.54) is 18.4 Å². The Bertz CT molecular complexity index is 596. The second-order valence-corrected chi connectivity index (χ2v) is 8.59. The summed E-state index contributed by atoms with van der Waals surface area (Å²) in [6.45, 7) is 6.96. The average molecular weight is 378 g/mol. The summed E-state index contributed by atoms with van der Waals surface area (Å²) in [4.78, 5) is 25.8. The van der Waals surface area contributed by atoms with E-state index >= 15 is 0 Å². The Balaban J connectivity index is 1.58. The molecule has 3 heterocycles. The van der Waals surface area contributed by atoms with Crippen molar-refractivity contribution in [2.24, 2.45) is 0 Å². The molecule has 2 fully saturated rings. The highest BCUT2D eigenvalue weighted by atomic mass is 32.2. The standard InChI is InChI=1S/C19H31N5OS/c1-3-4-11-26-18-21-12-16(13-22-18)14-24-10-9-23(2)19(15-24)6-5-17(25)20-8-7-19/h12-13H,3-11,14-15H2,1-2H3,(H,20,25). The number of likely N-dealkylation sites (N-methyl/N-ethyl adjacent to an activating group) is 1. The van der Waals surface area contributed by atoms with Gasteiger partial charge in [0, 0.05) is 68.4 Å². The molecule has 2 aliphatic heterocycles. The van der Waals surface area contributed by atoms with Crippen LogP contribution < -0.4 is 5.32 Å². The van der Waals surface area contributed by atoms with E-state index in [1.807, 2.05) is 12.4 Å². The van der Waals surface area contributed by atoms with Crippen LogP contribution in [0.5, 0.6) is 0 Å². The van der Waals surface area contributed by atoms with Crippen LogP contribution in [-0.2, 0) is 11.3 Å². The van der Waals surface area contributed by atoms with Crippen molar-refractivity contribution in [2.75, 3.05) is 39.0 Å². The van der Waals surface area contributed by atoms with Crippen molar-refractivity contribution in [3.8, 4) is 0 Å². The maximum Gasteiger partial charge on any atom is 0.220 e. The number of carbonyl (C=O) groups is 1. The minimum atomic E-state index is 0.105. The highest BCUT2D eigenvalue weighted by molar-refractivity contribution is 7.99. The molecule has 2 saturated heterocycles. The fraction of sp³-hybridized carbons (Fsp3) is 0.737. The molecule has 144 valence electrons. The number of hydrogen-bond donors (Lipinski definition) is 1. The molecule has 0 saturated carbocycles. The van der Waals surface area contributed by atoms with E-state index in [-0.39, 0.29) is 11.4 Å². The number of nitrogens with zero attached hydrogens (tertiary/aromatic N) is 4. The van der Waals surface area contributed by atoms with Crippen LogP contribution in [0.4, 0.5) is 0 Å². The van der Waals surface area contributed by atoms with E-state index in [9.17, 15) is 4.79 Å². The molecule has 0 bridgehead atoms. The number of nitrogens with one attached hydrogen (secondary N) is 1. The number of hydrogen-bond acceptors (Lipinski definition) is 6. The lowest BCUT2D eigenvalue weighted by molar-refractivity contribution is -0.121. The van der Waals surface area contributed by atoms with Crippen LogP contribution in [-0.4, -0.2) is 70.2 Å². The molecule has 2 aliphatic rings. The second kappa shape index (κ2) is 9.15. The number of unbranched alkanes of at least 4 members (excludes halogenated alkanes) is 1. The van der Waals surface area contributed by atoms with Crippen molar-refractivity contribution in [1.29, 1.82) is 0 Å². The van der Waals surface area contributed by atoms with Crippen molar-refractivity contribution < 1.29 is 4.79 Å². The molecular formula is C19H31N5OS. The molecule has 1 aromatic heterocycles. The lowest BCUT2D eigenvalue weighted by Crippen LogP contribution is -2.60. The quantitative estimate of drug-likeness (QED) is 0.466. The molecule has 1 aromatic rings. The smallest absolute Gasteiger partial charge is 0.220 e. The minimum Gasteiger partial charge on any atom is -0.356 e. The first kappa shape index (κ1) is 19.6. The van der Waals surface area contributed by atoms with Crippen LogP contribution in [0.15, 0.2) is 17.6 Å². The van der Waals surface area contributed by atoms with Crippen molar-refractivity contribution >= 4 is 17.7 Å². The molecule has 1 N–H and O–H groups in total. The molecular weight excluding hydrogens is 346 g/mol. The third-order valence-corrected chi connectivity index (χ3v) is 6.59. The van der Waals surface area contributed by atoms with Gasteiger partial charge in [0.15, 0.2) is 5.16 Å². The van der Waals surface area contributed by atoms with E-state index in [2.05, 4.69) is 39.1 Å². The average Bonchev–Trinajstić information content (AvgIpc) is 2.82. The summed E-state index contributed by atoms with van der Waals surface area (Å²) in [6, 6.07) is 0. The Morgan fingerprint density at radius 3 is 2.85 bits per heavy atom. The zero-order valence-electron chi connectivity index (χ0n) is 16.0. The fourth-order valence-electron chi connectivity index (χ4n) is 3.88. The second-order valence-electron chi connectivity index (χ2n) is 7.53. The van der Waals surface area contributed by atoms with Gasteiger partial charge in [0.2, 0.25) is 5.91 Å². The van der Waals surface area contributed by atoms with E-state index < -0.39 is 0 Å². The molecule has 0 radical (unpaired) electrons. The maximum atomic E-state index is 11.8. The van der Waals surface area contributed by atoms with E-state index in [4.69, 9.17) is 0 Å². The van der Waals surface area contributed by atoms with Gasteiger partial charge in [-0.2, -0.15) is 0 Å². The molecule has 6 nitrogen and oxygen atoms in total. The van der Waals surface area contributed by atoms with Crippen LogP contribution in [0.2, 0.25) is 0 Å². The largest absolute Gasteiger partial charge is 0.356 e. The SMILES string of the molecule is CCCCSc1ncc(CN2CCN(C)C3(CCNC(=O)CC3)C2)cn1. The van der Waals surface area contributed by atoms with Crippen LogP contribution in [0, 0.1) is 0 Å². The normalized spacial score (nSPS) is 25.2. The third-order valence-electron chi connectivity index (χ3n) is 5.63. The Morgan fingerprint density at radius 1 is 1.27 bits per heavy atom. The zero-order valence-corrected chi connectivity index (χ0v) is 16.9. The number of piperazine rings is 1. The van der Waals surface area contributed by atoms with Gasteiger partial charge in [0.25, 0.3) is 0 Å². The van der Waals surface area contributed by atoms with Crippen LogP contribution >= 0.6 is 11.8 Å². The lowest BCUT2D eigenvalue weighted by Gasteiger charge is -2.49. The molecule has 1 atom stereocenters. The number of rotatable bonds is 6. The number of thioether (sulfide) groups is 1. The van der Waals surface area contributed by atoms with Gasteiger partial charge in [-0.1, -0.05) is 25.1 Å². The summed E-state index contributed by atoms with van der Waals surface area (Å²) in [5.74, 6) is 1.28. The van der Waals surface area contributed by atoms with Gasteiger partial charge < -0.3 is 5.32 Å². The zero-order chi connectivity index (χ0) is 18.4. The van der Waals surface area contributed by atoms with Crippen molar-refractivity contribution in [3.63, 3.8) is 0 Å². The Kier molecular flexibility index (Phi) is 6.89. The molecule has 26 heavy (non-hydrogen) atoms. The van der Waals surface area contributed by atoms with Gasteiger partial charge in [-0.05, 0) is 26.3 Å². The van der Waals surface area contributed by atoms with Gasteiger partial charge in [-0.15, -0.1) is 0 Å². The molecule has 0 aromatic carbocycles. The van der Waals surface area contributed by atoms with Crippen molar-refractivity contribution in [3.05, 3.63) is 18.0 Å². The summed E-state index contributed by atoms with van der Waals surface area (Å²) in [5, 5.41) is 3.90. The summed E-state index contributed by atoms with van der Waals surface area (Å²) < 4.78 is 0. The Morgan fingerprint density at radius 2 is 2.08 bits per heavy atom. The van der Waals surface area contributed by atoms with Gasteiger partial charge >= 0.3 is 0 Å². The molecule has 1 amide bonds. The summed E-state index contributed by atoms with van der Waals surface area (Å²) in [5.41, 5.74) is 1.28. The monoisotopic (exact) mass is 377 g/mol. The predicted octanol–water partition coefficient (Wildman–Crippen LogP) is 2.16. The summed E-state index contributed by atoms with van der Waals surface area (Å²) in [7, 11) is 2.21. The topological polar surface area (TPSA) is 61.4 Å². The first-order valence-electron chi connectivity index (χ1n) is 9.75. The molecule has 1 unspecified atom stereocenters. The van der Waals surface area contributed by atoms with E-state index in [0.29, 0.717) is 6.42 Å². The van der Waals surface area contributed by atoms with Crippen LogP contribution in [0.1, 0.15) is 44.6 Å².